The zero-order valence-electron chi connectivity index (χ0n) is 6.73. The van der Waals surface area contributed by atoms with E-state index in [4.69, 9.17) is 34.8 Å². The maximum absolute atomic E-state index is 11.1. The van der Waals surface area contributed by atoms with Crippen LogP contribution in [0.25, 0.3) is 0 Å². The molecule has 1 aromatic carbocycles. The van der Waals surface area contributed by atoms with Crippen molar-refractivity contribution in [3.05, 3.63) is 26.8 Å². The number of hydrogen-bond donors (Lipinski definition) is 1. The van der Waals surface area contributed by atoms with Crippen molar-refractivity contribution in [1.82, 2.24) is 0 Å². The number of nitrogens with one attached hydrogen (secondary N) is 1. The zero-order valence-corrected chi connectivity index (χ0v) is 11.2. The van der Waals surface area contributed by atoms with Crippen LogP contribution < -0.4 is 5.32 Å². The molecule has 0 aliphatic carbocycles. The van der Waals surface area contributed by atoms with E-state index in [1.807, 2.05) is 0 Å². The van der Waals surface area contributed by atoms with Gasteiger partial charge in [0.2, 0.25) is 0 Å². The maximum Gasteiger partial charge on any atom is 0.257 e. The summed E-state index contributed by atoms with van der Waals surface area (Å²) in [5.41, 5.74) is 0.576. The molecule has 1 rings (SSSR count). The zero-order chi connectivity index (χ0) is 10.7. The van der Waals surface area contributed by atoms with Crippen LogP contribution in [-0.4, -0.2) is 10.7 Å². The van der Waals surface area contributed by atoms with Crippen LogP contribution in [0.2, 0.25) is 5.02 Å². The monoisotopic (exact) mass is 363 g/mol. The van der Waals surface area contributed by atoms with Gasteiger partial charge in [-0.2, -0.15) is 0 Å². The second-order valence-corrected chi connectivity index (χ2v) is 5.08. The van der Waals surface area contributed by atoms with E-state index in [2.05, 4.69) is 27.9 Å². The molecule has 0 fully saturated rings. The van der Waals surface area contributed by atoms with Crippen LogP contribution >= 0.6 is 57.4 Å². The van der Waals surface area contributed by atoms with Crippen LogP contribution in [0.3, 0.4) is 0 Å². The number of benzene rings is 1. The predicted molar refractivity (Wildman–Crippen MR) is 68.3 cm³/mol. The van der Waals surface area contributed by atoms with E-state index in [-0.39, 0.29) is 0 Å². The first-order valence-corrected chi connectivity index (χ1v) is 5.87. The van der Waals surface area contributed by atoms with E-state index in [1.165, 1.54) is 0 Å². The Morgan fingerprint density at radius 2 is 2.07 bits per heavy atom. The lowest BCUT2D eigenvalue weighted by Crippen LogP contribution is -2.18. The van der Waals surface area contributed by atoms with Crippen molar-refractivity contribution in [2.24, 2.45) is 0 Å². The van der Waals surface area contributed by atoms with E-state index in [1.54, 1.807) is 18.2 Å². The average molecular weight is 364 g/mol. The van der Waals surface area contributed by atoms with Gasteiger partial charge in [-0.15, -0.1) is 0 Å². The Morgan fingerprint density at radius 1 is 1.43 bits per heavy atom. The van der Waals surface area contributed by atoms with Crippen molar-refractivity contribution in [3.63, 3.8) is 0 Å². The standard InChI is InChI=1S/C8H5Cl3INO/c9-5-3-4(1-2-6(5)12)13-8(14)7(10)11/h1-3,7H,(H,13,14). The average Bonchev–Trinajstić information content (AvgIpc) is 2.11. The van der Waals surface area contributed by atoms with Crippen molar-refractivity contribution in [3.8, 4) is 0 Å². The van der Waals surface area contributed by atoms with Crippen LogP contribution in [0.1, 0.15) is 0 Å². The van der Waals surface area contributed by atoms with Crippen molar-refractivity contribution in [1.29, 1.82) is 0 Å². The van der Waals surface area contributed by atoms with E-state index in [0.29, 0.717) is 10.7 Å². The van der Waals surface area contributed by atoms with Crippen molar-refractivity contribution in [2.75, 3.05) is 5.32 Å². The predicted octanol–water partition coefficient (Wildman–Crippen LogP) is 3.69. The molecule has 0 saturated heterocycles. The Morgan fingerprint density at radius 3 is 2.57 bits per heavy atom. The summed E-state index contributed by atoms with van der Waals surface area (Å²) in [5.74, 6) is -0.467. The summed E-state index contributed by atoms with van der Waals surface area (Å²) in [6.45, 7) is 0. The molecule has 2 nitrogen and oxygen atoms in total. The number of hydrogen-bond acceptors (Lipinski definition) is 1. The molecule has 6 heteroatoms. The lowest BCUT2D eigenvalue weighted by atomic mass is 10.3. The molecule has 76 valence electrons. The van der Waals surface area contributed by atoms with E-state index in [0.717, 1.165) is 3.57 Å². The summed E-state index contributed by atoms with van der Waals surface area (Å²) in [6.07, 6.45) is 0. The summed E-state index contributed by atoms with van der Waals surface area (Å²) in [5, 5.41) is 3.09. The van der Waals surface area contributed by atoms with Crippen LogP contribution in [0.4, 0.5) is 5.69 Å². The van der Waals surface area contributed by atoms with Crippen LogP contribution in [0.5, 0.6) is 0 Å². The Kier molecular flexibility index (Phi) is 4.76. The van der Waals surface area contributed by atoms with Gasteiger partial charge in [0.25, 0.3) is 5.91 Å². The number of alkyl halides is 2. The molecule has 0 spiro atoms. The number of anilines is 1. The fraction of sp³-hybridized carbons (Fsp3) is 0.125. The normalized spacial score (nSPS) is 10.4. The first kappa shape index (κ1) is 12.4. The number of carbonyl (C=O) groups is 1. The first-order valence-electron chi connectivity index (χ1n) is 3.55. The van der Waals surface area contributed by atoms with Crippen molar-refractivity contribution in [2.45, 2.75) is 4.84 Å². The third kappa shape index (κ3) is 3.46. The fourth-order valence-electron chi connectivity index (χ4n) is 0.771. The molecule has 0 saturated carbocycles. The fourth-order valence-corrected chi connectivity index (χ4v) is 1.40. The number of rotatable bonds is 2. The van der Waals surface area contributed by atoms with Crippen LogP contribution in [-0.2, 0) is 4.79 Å². The Balaban J connectivity index is 2.78. The van der Waals surface area contributed by atoms with Gasteiger partial charge < -0.3 is 5.32 Å². The topological polar surface area (TPSA) is 29.1 Å². The highest BCUT2D eigenvalue weighted by atomic mass is 127. The van der Waals surface area contributed by atoms with Gasteiger partial charge in [-0.25, -0.2) is 0 Å². The van der Waals surface area contributed by atoms with Gasteiger partial charge in [-0.05, 0) is 40.8 Å². The largest absolute Gasteiger partial charge is 0.324 e. The minimum Gasteiger partial charge on any atom is -0.324 e. The molecule has 1 aromatic rings. The number of halogens is 4. The molecule has 0 unspecified atom stereocenters. The molecule has 0 aliphatic rings. The smallest absolute Gasteiger partial charge is 0.257 e. The molecule has 0 atom stereocenters. The molecule has 0 aromatic heterocycles. The lowest BCUT2D eigenvalue weighted by molar-refractivity contribution is -0.114. The molecular formula is C8H5Cl3INO. The highest BCUT2D eigenvalue weighted by Crippen LogP contribution is 2.22. The van der Waals surface area contributed by atoms with Gasteiger partial charge in [0.15, 0.2) is 4.84 Å². The van der Waals surface area contributed by atoms with Crippen molar-refractivity contribution < 1.29 is 4.79 Å². The maximum atomic E-state index is 11.1. The summed E-state index contributed by atoms with van der Waals surface area (Å²) in [4.78, 5) is 10.0. The van der Waals surface area contributed by atoms with Gasteiger partial charge in [0.1, 0.15) is 0 Å². The molecule has 0 radical (unpaired) electrons. The SMILES string of the molecule is O=C(Nc1ccc(I)c(Cl)c1)C(Cl)Cl. The van der Waals surface area contributed by atoms with E-state index >= 15 is 0 Å². The van der Waals surface area contributed by atoms with Gasteiger partial charge >= 0.3 is 0 Å². The van der Waals surface area contributed by atoms with Gasteiger partial charge in [0.05, 0.1) is 5.02 Å². The second kappa shape index (κ2) is 5.39. The minimum absolute atomic E-state index is 0.467. The van der Waals surface area contributed by atoms with Crippen LogP contribution in [0, 0.1) is 3.57 Å². The molecule has 0 heterocycles. The Bertz CT molecular complexity index is 356. The first-order chi connectivity index (χ1) is 6.50. The summed E-state index contributed by atoms with van der Waals surface area (Å²) in [6, 6.07) is 5.15. The van der Waals surface area contributed by atoms with Crippen molar-refractivity contribution >= 4 is 69.0 Å². The third-order valence-corrected chi connectivity index (χ3v) is 3.35. The summed E-state index contributed by atoms with van der Waals surface area (Å²) in [7, 11) is 0. The molecule has 0 aliphatic heterocycles. The minimum atomic E-state index is -1.08. The molecular weight excluding hydrogens is 359 g/mol. The van der Waals surface area contributed by atoms with Gasteiger partial charge in [-0.3, -0.25) is 4.79 Å². The molecule has 1 amide bonds. The Labute approximate surface area is 110 Å². The second-order valence-electron chi connectivity index (χ2n) is 2.42. The molecule has 1 N–H and O–H groups in total. The lowest BCUT2D eigenvalue weighted by Gasteiger charge is -2.06. The highest BCUT2D eigenvalue weighted by Gasteiger charge is 2.11. The highest BCUT2D eigenvalue weighted by molar-refractivity contribution is 14.1. The van der Waals surface area contributed by atoms with Gasteiger partial charge in [0, 0.05) is 9.26 Å². The van der Waals surface area contributed by atoms with Crippen LogP contribution in [0.15, 0.2) is 18.2 Å². The van der Waals surface area contributed by atoms with E-state index in [9.17, 15) is 4.79 Å². The number of amides is 1. The Hall–Kier alpha value is 0.290. The molecule has 0 bridgehead atoms. The van der Waals surface area contributed by atoms with Gasteiger partial charge in [-0.1, -0.05) is 34.8 Å². The number of carbonyl (C=O) groups excluding carboxylic acids is 1. The van der Waals surface area contributed by atoms with E-state index < -0.39 is 10.7 Å². The molecule has 14 heavy (non-hydrogen) atoms. The summed E-state index contributed by atoms with van der Waals surface area (Å²) < 4.78 is 0.913. The summed E-state index contributed by atoms with van der Waals surface area (Å²) >= 11 is 18.7. The quantitative estimate of drug-likeness (QED) is 0.629. The third-order valence-electron chi connectivity index (χ3n) is 1.39.